The van der Waals surface area contributed by atoms with Crippen molar-refractivity contribution >= 4 is 35.6 Å². The van der Waals surface area contributed by atoms with Gasteiger partial charge in [0.05, 0.1) is 25.8 Å². The van der Waals surface area contributed by atoms with Gasteiger partial charge >= 0.3 is 0 Å². The van der Waals surface area contributed by atoms with Crippen molar-refractivity contribution in [1.29, 1.82) is 0 Å². The molecule has 2 aliphatic heterocycles. The molecule has 2 aliphatic rings. The first-order valence-electron chi connectivity index (χ1n) is 11.5. The van der Waals surface area contributed by atoms with Gasteiger partial charge in [0, 0.05) is 44.5 Å². The molecule has 7 heteroatoms. The molecule has 0 amide bonds. The van der Waals surface area contributed by atoms with Crippen molar-refractivity contribution in [2.24, 2.45) is 4.99 Å². The lowest BCUT2D eigenvalue weighted by Gasteiger charge is -2.34. The standard InChI is InChI=1S/C25H35N5O.HI/c1-2-26-25(28-22-13-14-30(20-22)23-11-7-4-8-12-23)27-19-24(21-9-5-3-6-10-21)29-15-17-31-18-16-29;/h3-12,22,24H,2,13-20H2,1H3,(H2,26,27,28);1H. The third-order valence-electron chi connectivity index (χ3n) is 6.09. The molecule has 0 spiro atoms. The normalized spacial score (nSPS) is 20.5. The highest BCUT2D eigenvalue weighted by atomic mass is 127. The van der Waals surface area contributed by atoms with Crippen molar-refractivity contribution < 1.29 is 4.74 Å². The third-order valence-corrected chi connectivity index (χ3v) is 6.09. The second-order valence-electron chi connectivity index (χ2n) is 8.21. The topological polar surface area (TPSA) is 52.1 Å². The average molecular weight is 550 g/mol. The Morgan fingerprint density at radius 1 is 1.03 bits per heavy atom. The quantitative estimate of drug-likeness (QED) is 0.315. The molecule has 2 aromatic carbocycles. The molecule has 0 aromatic heterocycles. The molecule has 32 heavy (non-hydrogen) atoms. The summed E-state index contributed by atoms with van der Waals surface area (Å²) in [6.07, 6.45) is 1.12. The van der Waals surface area contributed by atoms with Gasteiger partial charge in [0.1, 0.15) is 0 Å². The van der Waals surface area contributed by atoms with Crippen LogP contribution in [0.4, 0.5) is 5.69 Å². The Kier molecular flexibility index (Phi) is 10.1. The molecule has 0 aliphatic carbocycles. The molecular weight excluding hydrogens is 513 g/mol. The van der Waals surface area contributed by atoms with Crippen molar-refractivity contribution in [3.63, 3.8) is 0 Å². The summed E-state index contributed by atoms with van der Waals surface area (Å²) in [5.74, 6) is 0.914. The van der Waals surface area contributed by atoms with Crippen LogP contribution in [0.5, 0.6) is 0 Å². The Labute approximate surface area is 209 Å². The van der Waals surface area contributed by atoms with Crippen LogP contribution in [0.1, 0.15) is 24.9 Å². The van der Waals surface area contributed by atoms with Crippen molar-refractivity contribution in [1.82, 2.24) is 15.5 Å². The predicted molar refractivity (Wildman–Crippen MR) is 143 cm³/mol. The molecule has 2 atom stereocenters. The molecule has 0 bridgehead atoms. The van der Waals surface area contributed by atoms with E-state index in [1.54, 1.807) is 0 Å². The zero-order chi connectivity index (χ0) is 21.3. The molecule has 2 N–H and O–H groups in total. The van der Waals surface area contributed by atoms with Crippen LogP contribution in [0.25, 0.3) is 0 Å². The number of aliphatic imine (C=N–C) groups is 1. The first kappa shape index (κ1) is 24.8. The fourth-order valence-electron chi connectivity index (χ4n) is 4.44. The fraction of sp³-hybridized carbons (Fsp3) is 0.480. The van der Waals surface area contributed by atoms with Crippen molar-refractivity contribution in [3.8, 4) is 0 Å². The van der Waals surface area contributed by atoms with Gasteiger partial charge in [-0.25, -0.2) is 0 Å². The number of nitrogens with zero attached hydrogens (tertiary/aromatic N) is 3. The Balaban J connectivity index is 0.00000289. The largest absolute Gasteiger partial charge is 0.379 e. The highest BCUT2D eigenvalue weighted by Gasteiger charge is 2.25. The van der Waals surface area contributed by atoms with E-state index in [0.717, 1.165) is 64.9 Å². The van der Waals surface area contributed by atoms with Crippen LogP contribution in [0.15, 0.2) is 65.7 Å². The van der Waals surface area contributed by atoms with E-state index in [0.29, 0.717) is 6.04 Å². The number of hydrogen-bond donors (Lipinski definition) is 2. The van der Waals surface area contributed by atoms with Gasteiger partial charge < -0.3 is 20.3 Å². The lowest BCUT2D eigenvalue weighted by molar-refractivity contribution is 0.0179. The van der Waals surface area contributed by atoms with Gasteiger partial charge in [-0.3, -0.25) is 9.89 Å². The maximum Gasteiger partial charge on any atom is 0.191 e. The van der Waals surface area contributed by atoms with Gasteiger partial charge in [-0.1, -0.05) is 48.5 Å². The Morgan fingerprint density at radius 3 is 2.41 bits per heavy atom. The number of halogens is 1. The molecular formula is C25H36IN5O. The minimum absolute atomic E-state index is 0. The minimum atomic E-state index is 0. The number of morpholine rings is 1. The van der Waals surface area contributed by atoms with Crippen LogP contribution in [0, 0.1) is 0 Å². The summed E-state index contributed by atoms with van der Waals surface area (Å²) in [6.45, 7) is 9.27. The van der Waals surface area contributed by atoms with Gasteiger partial charge in [0.25, 0.3) is 0 Å². The van der Waals surface area contributed by atoms with E-state index in [-0.39, 0.29) is 30.0 Å². The van der Waals surface area contributed by atoms with Gasteiger partial charge in [-0.15, -0.1) is 24.0 Å². The molecule has 6 nitrogen and oxygen atoms in total. The number of para-hydroxylation sites is 1. The molecule has 2 heterocycles. The Morgan fingerprint density at radius 2 is 1.72 bits per heavy atom. The first-order valence-corrected chi connectivity index (χ1v) is 11.5. The van der Waals surface area contributed by atoms with Crippen molar-refractivity contribution in [3.05, 3.63) is 66.2 Å². The molecule has 2 aromatic rings. The maximum absolute atomic E-state index is 5.58. The van der Waals surface area contributed by atoms with Gasteiger partial charge in [-0.05, 0) is 31.0 Å². The summed E-state index contributed by atoms with van der Waals surface area (Å²) in [6, 6.07) is 22.1. The van der Waals surface area contributed by atoms with Crippen molar-refractivity contribution in [2.75, 3.05) is 57.4 Å². The summed E-state index contributed by atoms with van der Waals surface area (Å²) in [7, 11) is 0. The minimum Gasteiger partial charge on any atom is -0.379 e. The SMILES string of the molecule is CCNC(=NCC(c1ccccc1)N1CCOCC1)NC1CCN(c2ccccc2)C1.I. The highest BCUT2D eigenvalue weighted by Crippen LogP contribution is 2.23. The molecule has 0 radical (unpaired) electrons. The van der Waals surface area contributed by atoms with Gasteiger partial charge in [0.2, 0.25) is 0 Å². The second kappa shape index (κ2) is 13.0. The molecule has 2 unspecified atom stereocenters. The summed E-state index contributed by atoms with van der Waals surface area (Å²) < 4.78 is 5.58. The van der Waals surface area contributed by atoms with E-state index < -0.39 is 0 Å². The maximum atomic E-state index is 5.58. The molecule has 174 valence electrons. The van der Waals surface area contributed by atoms with E-state index in [4.69, 9.17) is 9.73 Å². The number of rotatable bonds is 7. The number of guanidine groups is 1. The average Bonchev–Trinajstić information content (AvgIpc) is 3.30. The highest BCUT2D eigenvalue weighted by molar-refractivity contribution is 14.0. The van der Waals surface area contributed by atoms with Crippen LogP contribution in [-0.2, 0) is 4.74 Å². The summed E-state index contributed by atoms with van der Waals surface area (Å²) in [5, 5.41) is 7.13. The molecule has 4 rings (SSSR count). The number of benzene rings is 2. The van der Waals surface area contributed by atoms with Crippen LogP contribution >= 0.6 is 24.0 Å². The van der Waals surface area contributed by atoms with E-state index in [9.17, 15) is 0 Å². The van der Waals surface area contributed by atoms with E-state index in [1.807, 2.05) is 0 Å². The van der Waals surface area contributed by atoms with Crippen LogP contribution in [-0.4, -0.2) is 69.4 Å². The number of anilines is 1. The Bertz CT molecular complexity index is 814. The van der Waals surface area contributed by atoms with E-state index >= 15 is 0 Å². The Hall–Kier alpha value is -1.84. The number of ether oxygens (including phenoxy) is 1. The van der Waals surface area contributed by atoms with Crippen LogP contribution < -0.4 is 15.5 Å². The summed E-state index contributed by atoms with van der Waals surface area (Å²) >= 11 is 0. The lowest BCUT2D eigenvalue weighted by atomic mass is 10.0. The summed E-state index contributed by atoms with van der Waals surface area (Å²) in [4.78, 5) is 9.96. The number of nitrogens with one attached hydrogen (secondary N) is 2. The van der Waals surface area contributed by atoms with Gasteiger partial charge in [0.15, 0.2) is 5.96 Å². The number of hydrogen-bond acceptors (Lipinski definition) is 4. The van der Waals surface area contributed by atoms with E-state index in [2.05, 4.69) is 88.0 Å². The predicted octanol–water partition coefficient (Wildman–Crippen LogP) is 3.51. The monoisotopic (exact) mass is 549 g/mol. The zero-order valence-electron chi connectivity index (χ0n) is 19.0. The molecule has 0 saturated carbocycles. The first-order chi connectivity index (χ1) is 15.3. The lowest BCUT2D eigenvalue weighted by Crippen LogP contribution is -2.45. The molecule has 2 fully saturated rings. The summed E-state index contributed by atoms with van der Waals surface area (Å²) in [5.41, 5.74) is 2.62. The second-order valence-corrected chi connectivity index (χ2v) is 8.21. The fourth-order valence-corrected chi connectivity index (χ4v) is 4.44. The van der Waals surface area contributed by atoms with Crippen molar-refractivity contribution in [2.45, 2.75) is 25.4 Å². The van der Waals surface area contributed by atoms with Gasteiger partial charge in [-0.2, -0.15) is 0 Å². The zero-order valence-corrected chi connectivity index (χ0v) is 21.3. The molecule has 2 saturated heterocycles. The van der Waals surface area contributed by atoms with E-state index in [1.165, 1.54) is 11.3 Å². The van der Waals surface area contributed by atoms with Crippen LogP contribution in [0.2, 0.25) is 0 Å². The van der Waals surface area contributed by atoms with Crippen LogP contribution in [0.3, 0.4) is 0 Å². The third kappa shape index (κ3) is 6.83. The smallest absolute Gasteiger partial charge is 0.191 e.